The Morgan fingerprint density at radius 1 is 1.44 bits per heavy atom. The number of hydrogen-bond donors (Lipinski definition) is 2. The Morgan fingerprint density at radius 2 is 2.11 bits per heavy atom. The first kappa shape index (κ1) is 13.0. The molecule has 0 spiro atoms. The van der Waals surface area contributed by atoms with Crippen LogP contribution in [-0.4, -0.2) is 53.6 Å². The van der Waals surface area contributed by atoms with Crippen LogP contribution in [-0.2, 0) is 0 Å². The lowest BCUT2D eigenvalue weighted by molar-refractivity contribution is 0.201. The molecule has 1 atom stereocenters. The maximum atomic E-state index is 11.4. The number of hydrogen-bond acceptors (Lipinski definition) is 5. The molecule has 0 aliphatic carbocycles. The zero-order valence-electron chi connectivity index (χ0n) is 11.0. The first-order valence-electron chi connectivity index (χ1n) is 6.37. The van der Waals surface area contributed by atoms with Crippen LogP contribution < -0.4 is 16.2 Å². The monoisotopic (exact) mass is 251 g/mol. The van der Waals surface area contributed by atoms with Gasteiger partial charge in [0.05, 0.1) is 0 Å². The number of anilines is 1. The first-order chi connectivity index (χ1) is 8.60. The predicted molar refractivity (Wildman–Crippen MR) is 71.9 cm³/mol. The molecule has 2 rings (SSSR count). The molecule has 0 radical (unpaired) electrons. The summed E-state index contributed by atoms with van der Waals surface area (Å²) in [6, 6.07) is 1.98. The van der Waals surface area contributed by atoms with E-state index in [1.54, 1.807) is 13.0 Å². The largest absolute Gasteiger partial charge is 0.354 e. The van der Waals surface area contributed by atoms with Gasteiger partial charge in [0.15, 0.2) is 0 Å². The summed E-state index contributed by atoms with van der Waals surface area (Å²) in [7, 11) is 0. The third-order valence-corrected chi connectivity index (χ3v) is 3.45. The third kappa shape index (κ3) is 2.88. The number of piperazine rings is 1. The molecule has 1 unspecified atom stereocenters. The Kier molecular flexibility index (Phi) is 3.98. The molecule has 18 heavy (non-hydrogen) atoms. The van der Waals surface area contributed by atoms with E-state index in [0.29, 0.717) is 18.4 Å². The molecule has 0 amide bonds. The molecular weight excluding hydrogens is 230 g/mol. The van der Waals surface area contributed by atoms with Gasteiger partial charge in [0.2, 0.25) is 0 Å². The van der Waals surface area contributed by atoms with E-state index >= 15 is 0 Å². The van der Waals surface area contributed by atoms with Crippen LogP contribution in [0.15, 0.2) is 10.9 Å². The van der Waals surface area contributed by atoms with Crippen molar-refractivity contribution in [2.45, 2.75) is 19.9 Å². The van der Waals surface area contributed by atoms with Crippen molar-refractivity contribution in [2.24, 2.45) is 5.73 Å². The van der Waals surface area contributed by atoms with Crippen molar-refractivity contribution in [3.05, 3.63) is 22.2 Å². The molecule has 0 aromatic carbocycles. The van der Waals surface area contributed by atoms with Crippen molar-refractivity contribution in [3.63, 3.8) is 0 Å². The van der Waals surface area contributed by atoms with Crippen molar-refractivity contribution in [3.8, 4) is 0 Å². The van der Waals surface area contributed by atoms with Gasteiger partial charge >= 0.3 is 0 Å². The van der Waals surface area contributed by atoms with Gasteiger partial charge in [-0.1, -0.05) is 0 Å². The number of aromatic nitrogens is 2. The number of nitrogens with one attached hydrogen (secondary N) is 1. The highest BCUT2D eigenvalue weighted by Crippen LogP contribution is 2.12. The van der Waals surface area contributed by atoms with Gasteiger partial charge in [-0.3, -0.25) is 9.69 Å². The van der Waals surface area contributed by atoms with E-state index in [0.717, 1.165) is 32.0 Å². The van der Waals surface area contributed by atoms with Gasteiger partial charge in [0.25, 0.3) is 5.56 Å². The van der Waals surface area contributed by atoms with Crippen molar-refractivity contribution >= 4 is 5.82 Å². The van der Waals surface area contributed by atoms with Gasteiger partial charge in [-0.05, 0) is 13.8 Å². The standard InChI is InChI=1S/C12H21N5O/c1-9(8-13)16-3-5-17(6-4-16)11-7-12(18)15-10(2)14-11/h7,9H,3-6,8,13H2,1-2H3,(H,14,15,18). The van der Waals surface area contributed by atoms with Crippen molar-refractivity contribution in [2.75, 3.05) is 37.6 Å². The predicted octanol–water partition coefficient (Wildman–Crippen LogP) is -0.452. The minimum atomic E-state index is -0.0877. The number of rotatable bonds is 3. The molecule has 1 aromatic heterocycles. The van der Waals surface area contributed by atoms with Crippen LogP contribution >= 0.6 is 0 Å². The first-order valence-corrected chi connectivity index (χ1v) is 6.37. The Balaban J connectivity index is 2.03. The SMILES string of the molecule is Cc1nc(N2CCN(C(C)CN)CC2)cc(=O)[nH]1. The molecule has 0 bridgehead atoms. The van der Waals surface area contributed by atoms with Crippen LogP contribution in [0.2, 0.25) is 0 Å². The molecule has 6 heteroatoms. The highest BCUT2D eigenvalue weighted by atomic mass is 16.1. The van der Waals surface area contributed by atoms with Gasteiger partial charge in [-0.25, -0.2) is 4.98 Å². The zero-order chi connectivity index (χ0) is 13.1. The van der Waals surface area contributed by atoms with Crippen LogP contribution in [0.25, 0.3) is 0 Å². The number of H-pyrrole nitrogens is 1. The number of aromatic amines is 1. The van der Waals surface area contributed by atoms with E-state index in [9.17, 15) is 4.79 Å². The average molecular weight is 251 g/mol. The van der Waals surface area contributed by atoms with Crippen molar-refractivity contribution in [1.82, 2.24) is 14.9 Å². The smallest absolute Gasteiger partial charge is 0.252 e. The van der Waals surface area contributed by atoms with Gasteiger partial charge in [0.1, 0.15) is 11.6 Å². The maximum absolute atomic E-state index is 11.4. The Labute approximate surface area is 107 Å². The molecule has 1 fully saturated rings. The van der Waals surface area contributed by atoms with Crippen molar-refractivity contribution < 1.29 is 0 Å². The number of nitrogens with two attached hydrogens (primary N) is 1. The molecule has 1 aliphatic heterocycles. The van der Waals surface area contributed by atoms with Crippen LogP contribution in [0.3, 0.4) is 0 Å². The van der Waals surface area contributed by atoms with E-state index in [-0.39, 0.29) is 5.56 Å². The lowest BCUT2D eigenvalue weighted by Crippen LogP contribution is -2.51. The second-order valence-corrected chi connectivity index (χ2v) is 4.80. The summed E-state index contributed by atoms with van der Waals surface area (Å²) in [5, 5.41) is 0. The molecule has 1 aromatic rings. The second-order valence-electron chi connectivity index (χ2n) is 4.80. The number of aryl methyl sites for hydroxylation is 1. The lowest BCUT2D eigenvalue weighted by Gasteiger charge is -2.38. The summed E-state index contributed by atoms with van der Waals surface area (Å²) in [4.78, 5) is 23.0. The highest BCUT2D eigenvalue weighted by molar-refractivity contribution is 5.38. The van der Waals surface area contributed by atoms with E-state index in [2.05, 4.69) is 26.7 Å². The fourth-order valence-corrected chi connectivity index (χ4v) is 2.27. The van der Waals surface area contributed by atoms with E-state index in [1.807, 2.05) is 0 Å². The molecule has 1 aliphatic rings. The summed E-state index contributed by atoms with van der Waals surface area (Å²) < 4.78 is 0. The average Bonchev–Trinajstić information content (AvgIpc) is 2.37. The molecule has 2 heterocycles. The summed E-state index contributed by atoms with van der Waals surface area (Å²) in [5.74, 6) is 1.44. The molecule has 0 saturated carbocycles. The second kappa shape index (κ2) is 5.49. The maximum Gasteiger partial charge on any atom is 0.252 e. The van der Waals surface area contributed by atoms with Crippen LogP contribution in [0.4, 0.5) is 5.82 Å². The molecule has 100 valence electrons. The van der Waals surface area contributed by atoms with Crippen molar-refractivity contribution in [1.29, 1.82) is 0 Å². The van der Waals surface area contributed by atoms with Crippen LogP contribution in [0.1, 0.15) is 12.7 Å². The van der Waals surface area contributed by atoms with Gasteiger partial charge < -0.3 is 15.6 Å². The van der Waals surface area contributed by atoms with Crippen LogP contribution in [0, 0.1) is 6.92 Å². The highest BCUT2D eigenvalue weighted by Gasteiger charge is 2.21. The Morgan fingerprint density at radius 3 is 2.67 bits per heavy atom. The molecule has 1 saturated heterocycles. The van der Waals surface area contributed by atoms with E-state index < -0.39 is 0 Å². The normalized spacial score (nSPS) is 18.9. The lowest BCUT2D eigenvalue weighted by atomic mass is 10.2. The summed E-state index contributed by atoms with van der Waals surface area (Å²) >= 11 is 0. The fourth-order valence-electron chi connectivity index (χ4n) is 2.27. The number of nitrogens with zero attached hydrogens (tertiary/aromatic N) is 3. The summed E-state index contributed by atoms with van der Waals surface area (Å²) in [6.07, 6.45) is 0. The van der Waals surface area contributed by atoms with Crippen LogP contribution in [0.5, 0.6) is 0 Å². The molecule has 6 nitrogen and oxygen atoms in total. The quantitative estimate of drug-likeness (QED) is 0.760. The zero-order valence-corrected chi connectivity index (χ0v) is 11.0. The van der Waals surface area contributed by atoms with E-state index in [4.69, 9.17) is 5.73 Å². The molecular formula is C12H21N5O. The summed E-state index contributed by atoms with van der Waals surface area (Å²) in [6.45, 7) is 8.34. The molecule has 3 N–H and O–H groups in total. The fraction of sp³-hybridized carbons (Fsp3) is 0.667. The minimum absolute atomic E-state index is 0.0877. The Bertz CT molecular complexity index is 450. The minimum Gasteiger partial charge on any atom is -0.354 e. The Hall–Kier alpha value is -1.40. The topological polar surface area (TPSA) is 78.2 Å². The van der Waals surface area contributed by atoms with Gasteiger partial charge in [-0.2, -0.15) is 0 Å². The third-order valence-electron chi connectivity index (χ3n) is 3.45. The van der Waals surface area contributed by atoms with E-state index in [1.165, 1.54) is 0 Å². The van der Waals surface area contributed by atoms with Gasteiger partial charge in [-0.15, -0.1) is 0 Å². The summed E-state index contributed by atoms with van der Waals surface area (Å²) in [5.41, 5.74) is 5.59. The van der Waals surface area contributed by atoms with Gasteiger partial charge in [0, 0.05) is 44.8 Å².